The van der Waals surface area contributed by atoms with Gasteiger partial charge in [-0.05, 0) is 24.5 Å². The smallest absolute Gasteiger partial charge is 0.335 e. The van der Waals surface area contributed by atoms with E-state index in [1.165, 1.54) is 0 Å². The van der Waals surface area contributed by atoms with Crippen LogP contribution in [0.4, 0.5) is 0 Å². The largest absolute Gasteiger partial charge is 0.504 e. The first-order chi connectivity index (χ1) is 11.0. The molecule has 5 atom stereocenters. The van der Waals surface area contributed by atoms with E-state index in [1.54, 1.807) is 0 Å². The monoisotopic (exact) mass is 303 g/mol. The molecule has 1 saturated heterocycles. The lowest BCUT2D eigenvalue weighted by Gasteiger charge is -2.38. The zero-order valence-electron chi connectivity index (χ0n) is 13.6. The first-order valence-corrected chi connectivity index (χ1v) is 5.95. The molecule has 2 rings (SSSR count). The van der Waals surface area contributed by atoms with Crippen LogP contribution in [-0.4, -0.2) is 62.2 Å². The van der Waals surface area contributed by atoms with Crippen LogP contribution in [0.1, 0.15) is 9.68 Å². The number of carboxylic acid groups (broad SMARTS) is 1. The van der Waals surface area contributed by atoms with Gasteiger partial charge in [0.25, 0.3) is 0 Å². The zero-order chi connectivity index (χ0) is 18.2. The van der Waals surface area contributed by atoms with Gasteiger partial charge in [-0.15, -0.1) is 0 Å². The van der Waals surface area contributed by atoms with Crippen LogP contribution in [0.15, 0.2) is 18.2 Å². The SMILES string of the molecule is [2H]C([2H])([2H])c1ccc(O[C@@H]2O[C@H](C(=O)O)[C@@H](O)[C@H](O)[C@H]2O)c(O)c1. The molecule has 8 nitrogen and oxygen atoms in total. The van der Waals surface area contributed by atoms with Crippen molar-refractivity contribution in [1.82, 2.24) is 0 Å². The Labute approximate surface area is 124 Å². The predicted molar refractivity (Wildman–Crippen MR) is 67.8 cm³/mol. The van der Waals surface area contributed by atoms with E-state index in [1.807, 2.05) is 0 Å². The molecule has 0 amide bonds. The maximum absolute atomic E-state index is 11.0. The molecule has 116 valence electrons. The summed E-state index contributed by atoms with van der Waals surface area (Å²) < 4.78 is 31.7. The van der Waals surface area contributed by atoms with Gasteiger partial charge in [0.05, 0.1) is 0 Å². The number of phenolic OH excluding ortho intramolecular Hbond substituents is 1. The number of aromatic hydroxyl groups is 1. The highest BCUT2D eigenvalue weighted by molar-refractivity contribution is 5.73. The molecule has 0 aliphatic carbocycles. The van der Waals surface area contributed by atoms with Gasteiger partial charge in [-0.3, -0.25) is 0 Å². The van der Waals surface area contributed by atoms with E-state index in [0.29, 0.717) is 0 Å². The van der Waals surface area contributed by atoms with Crippen LogP contribution >= 0.6 is 0 Å². The average Bonchev–Trinajstić information content (AvgIpc) is 2.48. The third kappa shape index (κ3) is 3.08. The fraction of sp³-hybridized carbons (Fsp3) is 0.462. The van der Waals surface area contributed by atoms with Crippen molar-refractivity contribution in [1.29, 1.82) is 0 Å². The van der Waals surface area contributed by atoms with Gasteiger partial charge in [0, 0.05) is 4.11 Å². The van der Waals surface area contributed by atoms with Gasteiger partial charge in [0.1, 0.15) is 18.3 Å². The Balaban J connectivity index is 2.22. The topological polar surface area (TPSA) is 137 Å². The number of phenols is 1. The van der Waals surface area contributed by atoms with Gasteiger partial charge in [0.15, 0.2) is 17.6 Å². The van der Waals surface area contributed by atoms with E-state index in [-0.39, 0.29) is 11.3 Å². The second kappa shape index (κ2) is 5.86. The highest BCUT2D eigenvalue weighted by Gasteiger charge is 2.48. The number of rotatable bonds is 3. The quantitative estimate of drug-likeness (QED) is 0.478. The van der Waals surface area contributed by atoms with E-state index in [2.05, 4.69) is 0 Å². The molecule has 0 radical (unpaired) electrons. The number of aliphatic hydroxyl groups excluding tert-OH is 3. The van der Waals surface area contributed by atoms with Crippen molar-refractivity contribution < 1.29 is 43.9 Å². The number of ether oxygens (including phenoxy) is 2. The van der Waals surface area contributed by atoms with Crippen LogP contribution in [0.2, 0.25) is 0 Å². The van der Waals surface area contributed by atoms with Gasteiger partial charge in [-0.25, -0.2) is 4.79 Å². The minimum Gasteiger partial charge on any atom is -0.504 e. The second-order valence-electron chi connectivity index (χ2n) is 4.54. The lowest BCUT2D eigenvalue weighted by molar-refractivity contribution is -0.271. The molecular weight excluding hydrogens is 284 g/mol. The molecule has 1 heterocycles. The summed E-state index contributed by atoms with van der Waals surface area (Å²) in [5.74, 6) is -2.45. The molecule has 5 N–H and O–H groups in total. The van der Waals surface area contributed by atoms with E-state index in [9.17, 15) is 25.2 Å². The minimum atomic E-state index is -2.45. The number of aliphatic hydroxyl groups is 3. The number of hydrogen-bond donors (Lipinski definition) is 5. The Bertz CT molecular complexity index is 620. The summed E-state index contributed by atoms with van der Waals surface area (Å²) in [6.45, 7) is -2.45. The molecule has 0 saturated carbocycles. The number of aliphatic carboxylic acids is 1. The Morgan fingerprint density at radius 3 is 2.57 bits per heavy atom. The number of benzene rings is 1. The van der Waals surface area contributed by atoms with Crippen LogP contribution in [-0.2, 0) is 9.53 Å². The van der Waals surface area contributed by atoms with E-state index < -0.39 is 49.3 Å². The Morgan fingerprint density at radius 1 is 1.29 bits per heavy atom. The summed E-state index contributed by atoms with van der Waals surface area (Å²) in [6, 6.07) is 3.18. The Kier molecular flexibility index (Phi) is 3.28. The van der Waals surface area contributed by atoms with Crippen LogP contribution in [0.25, 0.3) is 0 Å². The van der Waals surface area contributed by atoms with Gasteiger partial charge in [0.2, 0.25) is 6.29 Å². The van der Waals surface area contributed by atoms with Gasteiger partial charge >= 0.3 is 5.97 Å². The fourth-order valence-electron chi connectivity index (χ4n) is 1.89. The number of carbonyl (C=O) groups is 1. The molecular formula is C13H16O8. The van der Waals surface area contributed by atoms with E-state index >= 15 is 0 Å². The molecule has 0 aromatic heterocycles. The van der Waals surface area contributed by atoms with Gasteiger partial charge in [-0.1, -0.05) is 6.07 Å². The van der Waals surface area contributed by atoms with Gasteiger partial charge in [-0.2, -0.15) is 0 Å². The van der Waals surface area contributed by atoms with Crippen molar-refractivity contribution in [3.63, 3.8) is 0 Å². The Morgan fingerprint density at radius 2 is 2.00 bits per heavy atom. The maximum Gasteiger partial charge on any atom is 0.335 e. The van der Waals surface area contributed by atoms with Crippen LogP contribution < -0.4 is 4.74 Å². The average molecular weight is 303 g/mol. The molecule has 1 aromatic carbocycles. The number of hydrogen-bond acceptors (Lipinski definition) is 7. The van der Waals surface area contributed by atoms with Crippen molar-refractivity contribution in [3.05, 3.63) is 23.8 Å². The van der Waals surface area contributed by atoms with Gasteiger partial charge < -0.3 is 35.0 Å². The van der Waals surface area contributed by atoms with Crippen LogP contribution in [0.3, 0.4) is 0 Å². The van der Waals surface area contributed by atoms with Crippen molar-refractivity contribution in [3.8, 4) is 11.5 Å². The normalized spacial score (nSPS) is 35.4. The first kappa shape index (κ1) is 11.8. The predicted octanol–water partition coefficient (Wildman–Crippen LogP) is -1.03. The third-order valence-corrected chi connectivity index (χ3v) is 3.02. The highest BCUT2D eigenvalue weighted by atomic mass is 16.7. The lowest BCUT2D eigenvalue weighted by atomic mass is 9.99. The summed E-state index contributed by atoms with van der Waals surface area (Å²) >= 11 is 0. The molecule has 1 aliphatic rings. The number of aryl methyl sites for hydroxylation is 1. The summed E-state index contributed by atoms with van der Waals surface area (Å²) in [5, 5.41) is 47.8. The summed E-state index contributed by atoms with van der Waals surface area (Å²) in [6.07, 6.45) is -9.07. The van der Waals surface area contributed by atoms with Crippen LogP contribution in [0, 0.1) is 6.85 Å². The van der Waals surface area contributed by atoms with Crippen molar-refractivity contribution in [2.24, 2.45) is 0 Å². The molecule has 0 bridgehead atoms. The zero-order valence-corrected chi connectivity index (χ0v) is 10.6. The van der Waals surface area contributed by atoms with Crippen molar-refractivity contribution in [2.75, 3.05) is 0 Å². The summed E-state index contributed by atoms with van der Waals surface area (Å²) in [4.78, 5) is 11.0. The van der Waals surface area contributed by atoms with Crippen molar-refractivity contribution in [2.45, 2.75) is 37.6 Å². The fourth-order valence-corrected chi connectivity index (χ4v) is 1.89. The first-order valence-electron chi connectivity index (χ1n) is 7.45. The molecule has 1 aliphatic heterocycles. The molecule has 8 heteroatoms. The highest BCUT2D eigenvalue weighted by Crippen LogP contribution is 2.30. The summed E-state index contributed by atoms with van der Waals surface area (Å²) in [7, 11) is 0. The molecule has 1 fully saturated rings. The molecule has 0 spiro atoms. The van der Waals surface area contributed by atoms with Crippen molar-refractivity contribution >= 4 is 5.97 Å². The minimum absolute atomic E-state index is 0.156. The van der Waals surface area contributed by atoms with E-state index in [4.69, 9.17) is 18.7 Å². The Hall–Kier alpha value is -1.87. The third-order valence-electron chi connectivity index (χ3n) is 3.02. The lowest BCUT2D eigenvalue weighted by Crippen LogP contribution is -2.61. The summed E-state index contributed by atoms with van der Waals surface area (Å²) in [5.41, 5.74) is -0.156. The molecule has 1 aromatic rings. The second-order valence-corrected chi connectivity index (χ2v) is 4.54. The molecule has 21 heavy (non-hydrogen) atoms. The number of carboxylic acids is 1. The maximum atomic E-state index is 11.0. The standard InChI is InChI=1S/C13H16O8/c1-5-2-3-7(6(14)4-5)20-13-10(17)8(15)9(16)11(21-13)12(18)19/h2-4,8-11,13-17H,1H3,(H,18,19)/t8-,9-,10+,11-,13+/m0/s1/i1D3. The van der Waals surface area contributed by atoms with Crippen LogP contribution in [0.5, 0.6) is 11.5 Å². The molecule has 0 unspecified atom stereocenters. The van der Waals surface area contributed by atoms with E-state index in [0.717, 1.165) is 18.2 Å².